The van der Waals surface area contributed by atoms with E-state index in [1.54, 1.807) is 4.31 Å². The largest absolute Gasteiger partial charge is 0.380 e. The summed E-state index contributed by atoms with van der Waals surface area (Å²) in [6.07, 6.45) is 3.01. The van der Waals surface area contributed by atoms with Crippen molar-refractivity contribution in [1.29, 1.82) is 0 Å². The van der Waals surface area contributed by atoms with Gasteiger partial charge in [0.15, 0.2) is 5.82 Å². The Morgan fingerprint density at radius 1 is 1.38 bits per heavy atom. The number of hydrogen-bond acceptors (Lipinski definition) is 6. The van der Waals surface area contributed by atoms with Crippen molar-refractivity contribution in [3.05, 3.63) is 11.7 Å². The van der Waals surface area contributed by atoms with Crippen LogP contribution in [0.2, 0.25) is 0 Å². The van der Waals surface area contributed by atoms with Crippen molar-refractivity contribution in [1.82, 2.24) is 14.4 Å². The van der Waals surface area contributed by atoms with E-state index < -0.39 is 15.3 Å². The molecule has 0 spiro atoms. The lowest BCUT2D eigenvalue weighted by molar-refractivity contribution is 0.197. The standard InChI is InChI=1S/C13H21N3O4S/c1-2-12-14-13(15-20-12)10-4-3-6-16(8-10)21(17,18)11-5-7-19-9-11/h10-11H,2-9H2,1H3/t10-,11-/m0/s1. The number of sulfonamides is 1. The molecule has 2 atom stereocenters. The molecule has 8 heteroatoms. The Kier molecular flexibility index (Phi) is 4.28. The Hall–Kier alpha value is -0.990. The second kappa shape index (κ2) is 6.02. The summed E-state index contributed by atoms with van der Waals surface area (Å²) in [5, 5.41) is 3.60. The molecule has 7 nitrogen and oxygen atoms in total. The van der Waals surface area contributed by atoms with E-state index in [0.29, 0.717) is 50.9 Å². The summed E-state index contributed by atoms with van der Waals surface area (Å²) in [7, 11) is -3.28. The molecular formula is C13H21N3O4S. The second-order valence-corrected chi connectivity index (χ2v) is 7.84. The predicted octanol–water partition coefficient (Wildman–Crippen LogP) is 0.930. The van der Waals surface area contributed by atoms with E-state index in [9.17, 15) is 8.42 Å². The van der Waals surface area contributed by atoms with E-state index in [1.807, 2.05) is 6.92 Å². The first-order valence-corrected chi connectivity index (χ1v) is 9.00. The topological polar surface area (TPSA) is 85.5 Å². The van der Waals surface area contributed by atoms with Gasteiger partial charge < -0.3 is 9.26 Å². The van der Waals surface area contributed by atoms with Crippen LogP contribution in [-0.4, -0.2) is 54.4 Å². The minimum Gasteiger partial charge on any atom is -0.380 e. The smallest absolute Gasteiger partial charge is 0.226 e. The zero-order chi connectivity index (χ0) is 14.9. The maximum atomic E-state index is 12.6. The van der Waals surface area contributed by atoms with Crippen LogP contribution in [0.25, 0.3) is 0 Å². The fraction of sp³-hybridized carbons (Fsp3) is 0.846. The molecule has 0 amide bonds. The maximum Gasteiger partial charge on any atom is 0.226 e. The van der Waals surface area contributed by atoms with Crippen LogP contribution in [0.4, 0.5) is 0 Å². The molecule has 2 fully saturated rings. The molecule has 0 radical (unpaired) electrons. The summed E-state index contributed by atoms with van der Waals surface area (Å²) in [6, 6.07) is 0. The first-order chi connectivity index (χ1) is 10.1. The average molecular weight is 315 g/mol. The number of piperidine rings is 1. The summed E-state index contributed by atoms with van der Waals surface area (Å²) in [5.41, 5.74) is 0. The lowest BCUT2D eigenvalue weighted by Gasteiger charge is -2.32. The second-order valence-electron chi connectivity index (χ2n) is 5.63. The third-order valence-corrected chi connectivity index (χ3v) is 6.47. The van der Waals surface area contributed by atoms with Crippen molar-refractivity contribution in [2.24, 2.45) is 0 Å². The van der Waals surface area contributed by atoms with Gasteiger partial charge in [0.2, 0.25) is 15.9 Å². The Balaban J connectivity index is 1.73. The normalized spacial score (nSPS) is 28.0. The number of ether oxygens (including phenoxy) is 1. The molecular weight excluding hydrogens is 294 g/mol. The predicted molar refractivity (Wildman–Crippen MR) is 75.4 cm³/mol. The zero-order valence-corrected chi connectivity index (χ0v) is 13.0. The minimum atomic E-state index is -3.28. The van der Waals surface area contributed by atoms with E-state index in [-0.39, 0.29) is 5.92 Å². The summed E-state index contributed by atoms with van der Waals surface area (Å²) in [5.74, 6) is 1.27. The van der Waals surface area contributed by atoms with E-state index in [0.717, 1.165) is 12.8 Å². The quantitative estimate of drug-likeness (QED) is 0.821. The number of aryl methyl sites for hydroxylation is 1. The van der Waals surface area contributed by atoms with Crippen molar-refractivity contribution >= 4 is 10.0 Å². The summed E-state index contributed by atoms with van der Waals surface area (Å²) in [6.45, 7) is 3.82. The van der Waals surface area contributed by atoms with Gasteiger partial charge in [-0.3, -0.25) is 0 Å². The van der Waals surface area contributed by atoms with Crippen molar-refractivity contribution < 1.29 is 17.7 Å². The van der Waals surface area contributed by atoms with Crippen LogP contribution in [0.3, 0.4) is 0 Å². The van der Waals surface area contributed by atoms with Crippen molar-refractivity contribution in [3.63, 3.8) is 0 Å². The van der Waals surface area contributed by atoms with E-state index in [1.165, 1.54) is 0 Å². The van der Waals surface area contributed by atoms with E-state index in [4.69, 9.17) is 9.26 Å². The van der Waals surface area contributed by atoms with E-state index >= 15 is 0 Å². The Bertz CT molecular complexity index is 580. The van der Waals surface area contributed by atoms with Crippen LogP contribution in [0.15, 0.2) is 4.52 Å². The number of nitrogens with zero attached hydrogens (tertiary/aromatic N) is 3. The summed E-state index contributed by atoms with van der Waals surface area (Å²) in [4.78, 5) is 4.34. The Morgan fingerprint density at radius 2 is 2.24 bits per heavy atom. The molecule has 3 rings (SSSR count). The first-order valence-electron chi connectivity index (χ1n) is 7.50. The van der Waals surface area contributed by atoms with Gasteiger partial charge in [0.1, 0.15) is 5.25 Å². The number of hydrogen-bond donors (Lipinski definition) is 0. The SMILES string of the molecule is CCc1nc([C@H]2CCCN(S(=O)(=O)[C@H]3CCOC3)C2)no1. The first kappa shape index (κ1) is 14.9. The molecule has 0 saturated carbocycles. The molecule has 2 aliphatic rings. The minimum absolute atomic E-state index is 0.0277. The van der Waals surface area contributed by atoms with Gasteiger partial charge in [0.25, 0.3) is 0 Å². The van der Waals surface area contributed by atoms with Crippen molar-refractivity contribution in [2.45, 2.75) is 43.8 Å². The van der Waals surface area contributed by atoms with Gasteiger partial charge in [-0.1, -0.05) is 12.1 Å². The third-order valence-electron chi connectivity index (χ3n) is 4.20. The lowest BCUT2D eigenvalue weighted by Crippen LogP contribution is -2.44. The van der Waals surface area contributed by atoms with Crippen LogP contribution >= 0.6 is 0 Å². The van der Waals surface area contributed by atoms with Gasteiger partial charge in [-0.05, 0) is 19.3 Å². The average Bonchev–Trinajstić information content (AvgIpc) is 3.19. The van der Waals surface area contributed by atoms with Gasteiger partial charge in [-0.15, -0.1) is 0 Å². The fourth-order valence-corrected chi connectivity index (χ4v) is 4.78. The lowest BCUT2D eigenvalue weighted by atomic mass is 9.99. The van der Waals surface area contributed by atoms with Gasteiger partial charge in [-0.25, -0.2) is 12.7 Å². The summed E-state index contributed by atoms with van der Waals surface area (Å²) < 4.78 is 37.2. The number of aromatic nitrogens is 2. The molecule has 2 aliphatic heterocycles. The van der Waals surface area contributed by atoms with Gasteiger partial charge in [-0.2, -0.15) is 4.98 Å². The molecule has 0 aromatic carbocycles. The van der Waals surface area contributed by atoms with Crippen LogP contribution in [0, 0.1) is 0 Å². The molecule has 3 heterocycles. The molecule has 0 aliphatic carbocycles. The molecule has 0 bridgehead atoms. The highest BCUT2D eigenvalue weighted by atomic mass is 32.2. The van der Waals surface area contributed by atoms with Crippen LogP contribution in [-0.2, 0) is 21.2 Å². The number of rotatable bonds is 4. The van der Waals surface area contributed by atoms with Crippen LogP contribution in [0.5, 0.6) is 0 Å². The monoisotopic (exact) mass is 315 g/mol. The van der Waals surface area contributed by atoms with Gasteiger partial charge in [0, 0.05) is 32.0 Å². The molecule has 1 aromatic rings. The molecule has 0 N–H and O–H groups in total. The van der Waals surface area contributed by atoms with Crippen molar-refractivity contribution in [3.8, 4) is 0 Å². The molecule has 1 aromatic heterocycles. The molecule has 2 saturated heterocycles. The van der Waals surface area contributed by atoms with Gasteiger partial charge in [0.05, 0.1) is 6.61 Å². The highest BCUT2D eigenvalue weighted by Crippen LogP contribution is 2.29. The van der Waals surface area contributed by atoms with Crippen molar-refractivity contribution in [2.75, 3.05) is 26.3 Å². The molecule has 21 heavy (non-hydrogen) atoms. The highest BCUT2D eigenvalue weighted by Gasteiger charge is 2.38. The van der Waals surface area contributed by atoms with Gasteiger partial charge >= 0.3 is 0 Å². The molecule has 0 unspecified atom stereocenters. The third kappa shape index (κ3) is 2.97. The molecule has 118 valence electrons. The Labute approximate surface area is 124 Å². The highest BCUT2D eigenvalue weighted by molar-refractivity contribution is 7.89. The summed E-state index contributed by atoms with van der Waals surface area (Å²) >= 11 is 0. The Morgan fingerprint density at radius 3 is 2.90 bits per heavy atom. The maximum absolute atomic E-state index is 12.6. The van der Waals surface area contributed by atoms with Crippen LogP contribution < -0.4 is 0 Å². The van der Waals surface area contributed by atoms with Crippen LogP contribution in [0.1, 0.15) is 43.8 Å². The zero-order valence-electron chi connectivity index (χ0n) is 12.2. The van der Waals surface area contributed by atoms with E-state index in [2.05, 4.69) is 10.1 Å². The fourth-order valence-electron chi connectivity index (χ4n) is 2.92.